The van der Waals surface area contributed by atoms with Gasteiger partial charge in [0.1, 0.15) is 0 Å². The second kappa shape index (κ2) is 7.08. The molecule has 0 rings (SSSR count). The van der Waals surface area contributed by atoms with Crippen LogP contribution in [0, 0.1) is 10.8 Å². The Balaban J connectivity index is 4.27. The van der Waals surface area contributed by atoms with Crippen LogP contribution in [0.5, 0.6) is 0 Å². The van der Waals surface area contributed by atoms with Gasteiger partial charge < -0.3 is 9.47 Å². The van der Waals surface area contributed by atoms with E-state index < -0.39 is 0 Å². The van der Waals surface area contributed by atoms with Gasteiger partial charge in [0.25, 0.3) is 0 Å². The smallest absolute Gasteiger partial charge is 0.0678 e. The van der Waals surface area contributed by atoms with Crippen molar-refractivity contribution in [1.82, 2.24) is 0 Å². The summed E-state index contributed by atoms with van der Waals surface area (Å²) in [6, 6.07) is 0. The van der Waals surface area contributed by atoms with Crippen molar-refractivity contribution in [2.75, 3.05) is 13.2 Å². The van der Waals surface area contributed by atoms with E-state index in [2.05, 4.69) is 62.3 Å². The molecule has 0 saturated carbocycles. The van der Waals surface area contributed by atoms with Crippen molar-refractivity contribution in [2.24, 2.45) is 10.8 Å². The minimum atomic E-state index is -0.126. The molecule has 0 radical (unpaired) electrons. The van der Waals surface area contributed by atoms with E-state index in [0.717, 1.165) is 26.1 Å². The predicted octanol–water partition coefficient (Wildman–Crippen LogP) is 5.06. The first-order chi connectivity index (χ1) is 8.37. The van der Waals surface area contributed by atoms with Gasteiger partial charge in [0, 0.05) is 13.2 Å². The van der Waals surface area contributed by atoms with E-state index in [1.54, 1.807) is 0 Å². The Kier molecular flexibility index (Phi) is 7.05. The molecule has 0 spiro atoms. The summed E-state index contributed by atoms with van der Waals surface area (Å²) >= 11 is 0. The van der Waals surface area contributed by atoms with Gasteiger partial charge in [-0.1, -0.05) is 34.6 Å². The van der Waals surface area contributed by atoms with Crippen LogP contribution in [0.15, 0.2) is 0 Å². The van der Waals surface area contributed by atoms with E-state index in [9.17, 15) is 0 Å². The third kappa shape index (κ3) is 7.94. The zero-order valence-corrected chi connectivity index (χ0v) is 14.7. The van der Waals surface area contributed by atoms with E-state index in [4.69, 9.17) is 9.47 Å². The molecule has 0 saturated heterocycles. The minimum Gasteiger partial charge on any atom is -0.379 e. The Hall–Kier alpha value is -0.0800. The lowest BCUT2D eigenvalue weighted by Gasteiger charge is -2.42. The summed E-state index contributed by atoms with van der Waals surface area (Å²) in [6.45, 7) is 21.5. The SMILES string of the molecule is CC(C)OCCC(C)(C)C(C)(C)OCCC(C)(C)C. The van der Waals surface area contributed by atoms with Crippen LogP contribution in [-0.4, -0.2) is 24.9 Å². The maximum absolute atomic E-state index is 6.17. The second-order valence-corrected chi connectivity index (χ2v) is 8.22. The summed E-state index contributed by atoms with van der Waals surface area (Å²) in [7, 11) is 0. The standard InChI is InChI=1S/C17H36O2/c1-14(2)18-12-11-16(6,7)17(8,9)19-13-10-15(3,4)5/h14H,10-13H2,1-9H3. The summed E-state index contributed by atoms with van der Waals surface area (Å²) in [6.07, 6.45) is 2.42. The summed E-state index contributed by atoms with van der Waals surface area (Å²) in [5.41, 5.74) is 0.319. The van der Waals surface area contributed by atoms with Crippen molar-refractivity contribution in [3.05, 3.63) is 0 Å². The van der Waals surface area contributed by atoms with Crippen molar-refractivity contribution in [3.63, 3.8) is 0 Å². The highest BCUT2D eigenvalue weighted by molar-refractivity contribution is 4.87. The molecule has 19 heavy (non-hydrogen) atoms. The zero-order valence-electron chi connectivity index (χ0n) is 14.7. The van der Waals surface area contributed by atoms with Gasteiger partial charge >= 0.3 is 0 Å². The van der Waals surface area contributed by atoms with Crippen LogP contribution < -0.4 is 0 Å². The summed E-state index contributed by atoms with van der Waals surface area (Å²) < 4.78 is 11.8. The monoisotopic (exact) mass is 272 g/mol. The van der Waals surface area contributed by atoms with Crippen molar-refractivity contribution in [3.8, 4) is 0 Å². The first kappa shape index (κ1) is 18.9. The minimum absolute atomic E-state index is 0.111. The molecule has 0 fully saturated rings. The molecule has 0 aliphatic carbocycles. The predicted molar refractivity (Wildman–Crippen MR) is 83.6 cm³/mol. The van der Waals surface area contributed by atoms with Gasteiger partial charge in [0.2, 0.25) is 0 Å². The first-order valence-corrected chi connectivity index (χ1v) is 7.63. The van der Waals surface area contributed by atoms with Crippen LogP contribution in [0.1, 0.15) is 75.2 Å². The van der Waals surface area contributed by atoms with Gasteiger partial charge in [-0.05, 0) is 51.4 Å². The molecular formula is C17H36O2. The van der Waals surface area contributed by atoms with Gasteiger partial charge in [0.05, 0.1) is 11.7 Å². The molecular weight excluding hydrogens is 236 g/mol. The molecule has 0 aromatic heterocycles. The molecule has 0 N–H and O–H groups in total. The molecule has 0 amide bonds. The fraction of sp³-hybridized carbons (Fsp3) is 1.00. The van der Waals surface area contributed by atoms with Crippen molar-refractivity contribution in [2.45, 2.75) is 86.9 Å². The van der Waals surface area contributed by atoms with E-state index in [-0.39, 0.29) is 11.0 Å². The van der Waals surface area contributed by atoms with Crippen molar-refractivity contribution < 1.29 is 9.47 Å². The van der Waals surface area contributed by atoms with E-state index in [0.29, 0.717) is 11.5 Å². The van der Waals surface area contributed by atoms with Gasteiger partial charge in [-0.25, -0.2) is 0 Å². The normalized spacial score (nSPS) is 14.2. The number of rotatable bonds is 8. The van der Waals surface area contributed by atoms with Crippen LogP contribution in [0.2, 0.25) is 0 Å². The molecule has 116 valence electrons. The molecule has 0 atom stereocenters. The van der Waals surface area contributed by atoms with Gasteiger partial charge in [-0.3, -0.25) is 0 Å². The fourth-order valence-electron chi connectivity index (χ4n) is 1.66. The molecule has 0 aromatic rings. The topological polar surface area (TPSA) is 18.5 Å². The summed E-state index contributed by atoms with van der Waals surface area (Å²) in [5.74, 6) is 0. The maximum atomic E-state index is 6.17. The Bertz CT molecular complexity index is 246. The van der Waals surface area contributed by atoms with Crippen LogP contribution in [0.25, 0.3) is 0 Å². The highest BCUT2D eigenvalue weighted by Gasteiger charge is 2.37. The molecule has 0 aliphatic heterocycles. The lowest BCUT2D eigenvalue weighted by atomic mass is 9.74. The number of hydrogen-bond donors (Lipinski definition) is 0. The Morgan fingerprint density at radius 3 is 1.74 bits per heavy atom. The van der Waals surface area contributed by atoms with Gasteiger partial charge in [0.15, 0.2) is 0 Å². The number of hydrogen-bond acceptors (Lipinski definition) is 2. The average molecular weight is 272 g/mol. The van der Waals surface area contributed by atoms with Crippen molar-refractivity contribution in [1.29, 1.82) is 0 Å². The molecule has 2 nitrogen and oxygen atoms in total. The Morgan fingerprint density at radius 2 is 1.32 bits per heavy atom. The quantitative estimate of drug-likeness (QED) is 0.615. The summed E-state index contributed by atoms with van der Waals surface area (Å²) in [5, 5.41) is 0. The van der Waals surface area contributed by atoms with E-state index >= 15 is 0 Å². The van der Waals surface area contributed by atoms with Crippen LogP contribution in [-0.2, 0) is 9.47 Å². The highest BCUT2D eigenvalue weighted by atomic mass is 16.5. The van der Waals surface area contributed by atoms with Gasteiger partial charge in [-0.15, -0.1) is 0 Å². The van der Waals surface area contributed by atoms with Crippen LogP contribution in [0.3, 0.4) is 0 Å². The molecule has 2 heteroatoms. The third-order valence-corrected chi connectivity index (χ3v) is 4.12. The fourth-order valence-corrected chi connectivity index (χ4v) is 1.66. The number of ether oxygens (including phenoxy) is 2. The molecule has 0 unspecified atom stereocenters. The molecule has 0 aromatic carbocycles. The lowest BCUT2D eigenvalue weighted by molar-refractivity contribution is -0.114. The highest BCUT2D eigenvalue weighted by Crippen LogP contribution is 2.37. The Morgan fingerprint density at radius 1 is 0.789 bits per heavy atom. The second-order valence-electron chi connectivity index (χ2n) is 8.22. The van der Waals surface area contributed by atoms with E-state index in [1.807, 2.05) is 0 Å². The largest absolute Gasteiger partial charge is 0.379 e. The zero-order chi connectivity index (χ0) is 15.3. The van der Waals surface area contributed by atoms with E-state index in [1.165, 1.54) is 0 Å². The molecule has 0 heterocycles. The lowest BCUT2D eigenvalue weighted by Crippen LogP contribution is -2.43. The Labute approximate surface area is 121 Å². The van der Waals surface area contributed by atoms with Gasteiger partial charge in [-0.2, -0.15) is 0 Å². The average Bonchev–Trinajstić information content (AvgIpc) is 2.13. The van der Waals surface area contributed by atoms with Crippen LogP contribution in [0.4, 0.5) is 0 Å². The molecule has 0 aliphatic rings. The third-order valence-electron chi connectivity index (χ3n) is 4.12. The summed E-state index contributed by atoms with van der Waals surface area (Å²) in [4.78, 5) is 0. The maximum Gasteiger partial charge on any atom is 0.0678 e. The first-order valence-electron chi connectivity index (χ1n) is 7.63. The molecule has 0 bridgehead atoms. The van der Waals surface area contributed by atoms with Crippen LogP contribution >= 0.6 is 0 Å². The van der Waals surface area contributed by atoms with Crippen molar-refractivity contribution >= 4 is 0 Å².